The predicted molar refractivity (Wildman–Crippen MR) is 125 cm³/mol. The van der Waals surface area contributed by atoms with E-state index in [0.717, 1.165) is 5.56 Å². The van der Waals surface area contributed by atoms with E-state index < -0.39 is 42.1 Å². The van der Waals surface area contributed by atoms with Gasteiger partial charge >= 0.3 is 0 Å². The number of hydrogen-bond donors (Lipinski definition) is 6. The largest absolute Gasteiger partial charge is 0.366 e. The number of carbonyl (C=O) groups is 5. The van der Waals surface area contributed by atoms with Crippen LogP contribution >= 0.6 is 0 Å². The van der Waals surface area contributed by atoms with Crippen molar-refractivity contribution in [2.24, 2.45) is 11.5 Å². The van der Waals surface area contributed by atoms with Gasteiger partial charge in [0.15, 0.2) is 0 Å². The Morgan fingerprint density at radius 1 is 0.800 bits per heavy atom. The topological polar surface area (TPSA) is 195 Å². The molecule has 0 aliphatic heterocycles. The summed E-state index contributed by atoms with van der Waals surface area (Å²) < 4.78 is 0. The molecule has 2 rings (SSSR count). The van der Waals surface area contributed by atoms with Crippen molar-refractivity contribution >= 4 is 29.5 Å². The molecule has 2 aromatic rings. The van der Waals surface area contributed by atoms with Gasteiger partial charge in [-0.15, -0.1) is 0 Å². The van der Waals surface area contributed by atoms with Crippen molar-refractivity contribution in [1.29, 1.82) is 0 Å². The summed E-state index contributed by atoms with van der Waals surface area (Å²) in [6, 6.07) is 14.3. The van der Waals surface area contributed by atoms with Crippen molar-refractivity contribution in [3.05, 3.63) is 71.3 Å². The molecule has 0 unspecified atom stereocenters. The normalized spacial score (nSPS) is 11.1. The second-order valence-electron chi connectivity index (χ2n) is 7.38. The average molecular weight is 485 g/mol. The van der Waals surface area contributed by atoms with Crippen LogP contribution in [0.3, 0.4) is 0 Å². The van der Waals surface area contributed by atoms with Gasteiger partial charge in [-0.05, 0) is 23.3 Å². The van der Waals surface area contributed by atoms with Crippen LogP contribution in [0.15, 0.2) is 54.6 Å². The molecule has 0 bridgehead atoms. The number of nitrogens with two attached hydrogens (primary N) is 2. The second-order valence-corrected chi connectivity index (χ2v) is 7.38. The fourth-order valence-electron chi connectivity index (χ4n) is 2.85. The molecule has 0 saturated carbocycles. The third kappa shape index (κ3) is 10.0. The number of hydroxylamine groups is 1. The molecule has 0 heterocycles. The van der Waals surface area contributed by atoms with Gasteiger partial charge in [0.2, 0.25) is 23.6 Å². The third-order valence-corrected chi connectivity index (χ3v) is 4.65. The monoisotopic (exact) mass is 484 g/mol. The van der Waals surface area contributed by atoms with Gasteiger partial charge in [-0.3, -0.25) is 28.8 Å². The highest BCUT2D eigenvalue weighted by Crippen LogP contribution is 2.05. The lowest BCUT2D eigenvalue weighted by Crippen LogP contribution is -2.52. The summed E-state index contributed by atoms with van der Waals surface area (Å²) in [4.78, 5) is 64.3. The quantitative estimate of drug-likeness (QED) is 0.181. The second kappa shape index (κ2) is 14.1. The maximum Gasteiger partial charge on any atom is 0.262 e. The molecule has 0 fully saturated rings. The molecule has 12 heteroatoms. The van der Waals surface area contributed by atoms with Gasteiger partial charge in [-0.25, -0.2) is 5.48 Å². The van der Waals surface area contributed by atoms with Gasteiger partial charge in [0.25, 0.3) is 5.91 Å². The fourth-order valence-corrected chi connectivity index (χ4v) is 2.85. The van der Waals surface area contributed by atoms with Crippen LogP contribution in [0.5, 0.6) is 0 Å². The highest BCUT2D eigenvalue weighted by Gasteiger charge is 2.22. The van der Waals surface area contributed by atoms with Crippen LogP contribution in [-0.4, -0.2) is 55.2 Å². The Morgan fingerprint density at radius 3 is 2.09 bits per heavy atom. The first-order valence-electron chi connectivity index (χ1n) is 10.7. The van der Waals surface area contributed by atoms with Gasteiger partial charge in [0.05, 0.1) is 26.2 Å². The Bertz CT molecular complexity index is 1030. The Morgan fingerprint density at radius 2 is 1.46 bits per heavy atom. The number of nitrogens with one attached hydrogen (secondary N) is 4. The standard InChI is InChI=1S/C23H28N6O6/c24-11-19(30)26-12-20(31)28-18(10-15-4-2-1-3-5-15)23(34)27-13-21(32)29-35-14-16-6-8-17(9-7-16)22(25)33/h1-9,18H,10-14,24H2,(H2,25,33)(H,26,30)(H,27,34)(H,28,31)(H,29,32)/t18-/m0/s1. The summed E-state index contributed by atoms with van der Waals surface area (Å²) in [5.41, 5.74) is 14.4. The van der Waals surface area contributed by atoms with Gasteiger partial charge in [0.1, 0.15) is 6.04 Å². The van der Waals surface area contributed by atoms with Crippen LogP contribution in [0.25, 0.3) is 0 Å². The summed E-state index contributed by atoms with van der Waals surface area (Å²) in [6.07, 6.45) is 0.169. The first-order valence-corrected chi connectivity index (χ1v) is 10.7. The van der Waals surface area contributed by atoms with Crippen molar-refractivity contribution in [3.63, 3.8) is 0 Å². The van der Waals surface area contributed by atoms with Crippen LogP contribution < -0.4 is 32.9 Å². The van der Waals surface area contributed by atoms with Crippen LogP contribution in [0, 0.1) is 0 Å². The van der Waals surface area contributed by atoms with E-state index >= 15 is 0 Å². The van der Waals surface area contributed by atoms with E-state index in [4.69, 9.17) is 16.3 Å². The Hall–Kier alpha value is -4.29. The number of carbonyl (C=O) groups excluding carboxylic acids is 5. The van der Waals surface area contributed by atoms with Crippen molar-refractivity contribution in [2.75, 3.05) is 19.6 Å². The van der Waals surface area contributed by atoms with E-state index in [1.807, 2.05) is 6.07 Å². The van der Waals surface area contributed by atoms with Gasteiger partial charge in [-0.1, -0.05) is 42.5 Å². The van der Waals surface area contributed by atoms with Crippen LogP contribution in [-0.2, 0) is 37.0 Å². The number of benzene rings is 2. The molecular formula is C23H28N6O6. The maximum atomic E-state index is 12.7. The zero-order valence-electron chi connectivity index (χ0n) is 18.9. The summed E-state index contributed by atoms with van der Waals surface area (Å²) in [6.45, 7) is -0.981. The molecule has 0 radical (unpaired) electrons. The predicted octanol–water partition coefficient (Wildman–Crippen LogP) is -1.75. The highest BCUT2D eigenvalue weighted by atomic mass is 16.6. The minimum atomic E-state index is -0.989. The fraction of sp³-hybridized carbons (Fsp3) is 0.261. The zero-order valence-corrected chi connectivity index (χ0v) is 18.9. The number of hydrogen-bond acceptors (Lipinski definition) is 7. The van der Waals surface area contributed by atoms with E-state index in [0.29, 0.717) is 11.1 Å². The molecule has 0 aliphatic carbocycles. The summed E-state index contributed by atoms with van der Waals surface area (Å²) in [7, 11) is 0. The minimum Gasteiger partial charge on any atom is -0.366 e. The first-order chi connectivity index (χ1) is 16.8. The Kier molecular flexibility index (Phi) is 10.8. The third-order valence-electron chi connectivity index (χ3n) is 4.65. The Labute approximate surface area is 201 Å². The van der Waals surface area contributed by atoms with Crippen molar-refractivity contribution in [3.8, 4) is 0 Å². The van der Waals surface area contributed by atoms with Crippen LogP contribution in [0.1, 0.15) is 21.5 Å². The zero-order chi connectivity index (χ0) is 25.6. The molecule has 12 nitrogen and oxygen atoms in total. The van der Waals surface area contributed by atoms with E-state index in [-0.39, 0.29) is 26.1 Å². The smallest absolute Gasteiger partial charge is 0.262 e. The van der Waals surface area contributed by atoms with Crippen LogP contribution in [0.4, 0.5) is 0 Å². The minimum absolute atomic E-state index is 0.0277. The lowest BCUT2D eigenvalue weighted by molar-refractivity contribution is -0.136. The molecule has 0 spiro atoms. The molecule has 0 aliphatic rings. The van der Waals surface area contributed by atoms with Gasteiger partial charge < -0.3 is 27.4 Å². The number of rotatable bonds is 13. The molecule has 2 aromatic carbocycles. The molecule has 1 atom stereocenters. The molecule has 186 valence electrons. The number of primary amides is 1. The molecule has 35 heavy (non-hydrogen) atoms. The molecule has 0 saturated heterocycles. The first kappa shape index (κ1) is 27.0. The highest BCUT2D eigenvalue weighted by molar-refractivity contribution is 5.93. The van der Waals surface area contributed by atoms with Gasteiger partial charge in [-0.2, -0.15) is 0 Å². The average Bonchev–Trinajstić information content (AvgIpc) is 2.86. The van der Waals surface area contributed by atoms with Crippen molar-refractivity contribution < 1.29 is 28.8 Å². The SMILES string of the molecule is NCC(=O)NCC(=O)N[C@@H](Cc1ccccc1)C(=O)NCC(=O)NOCc1ccc(C(N)=O)cc1. The van der Waals surface area contributed by atoms with Crippen LogP contribution in [0.2, 0.25) is 0 Å². The molecular weight excluding hydrogens is 456 g/mol. The molecule has 8 N–H and O–H groups in total. The van der Waals surface area contributed by atoms with E-state index in [9.17, 15) is 24.0 Å². The number of amides is 5. The summed E-state index contributed by atoms with van der Waals surface area (Å²) >= 11 is 0. The van der Waals surface area contributed by atoms with E-state index in [1.165, 1.54) is 12.1 Å². The summed E-state index contributed by atoms with van der Waals surface area (Å²) in [5.74, 6) is -2.86. The van der Waals surface area contributed by atoms with E-state index in [2.05, 4.69) is 21.4 Å². The lowest BCUT2D eigenvalue weighted by Gasteiger charge is -2.19. The van der Waals surface area contributed by atoms with Crippen molar-refractivity contribution in [1.82, 2.24) is 21.4 Å². The lowest BCUT2D eigenvalue weighted by atomic mass is 10.1. The molecule has 5 amide bonds. The maximum absolute atomic E-state index is 12.7. The van der Waals surface area contributed by atoms with E-state index in [1.54, 1.807) is 36.4 Å². The Balaban J connectivity index is 1.84. The summed E-state index contributed by atoms with van der Waals surface area (Å²) in [5, 5.41) is 7.32. The molecule has 0 aromatic heterocycles. The van der Waals surface area contributed by atoms with Crippen molar-refractivity contribution in [2.45, 2.75) is 19.1 Å². The van der Waals surface area contributed by atoms with Gasteiger partial charge in [0, 0.05) is 12.0 Å².